The van der Waals surface area contributed by atoms with Crippen LogP contribution in [0.5, 0.6) is 11.5 Å². The topological polar surface area (TPSA) is 29.5 Å². The van der Waals surface area contributed by atoms with Gasteiger partial charge in [0.15, 0.2) is 0 Å². The first-order valence-electron chi connectivity index (χ1n) is 7.31. The molecular weight excluding hydrogens is 274 g/mol. The van der Waals surface area contributed by atoms with Crippen LogP contribution in [-0.2, 0) is 11.3 Å². The second-order valence-corrected chi connectivity index (χ2v) is 5.36. The van der Waals surface area contributed by atoms with E-state index in [0.29, 0.717) is 19.5 Å². The van der Waals surface area contributed by atoms with E-state index in [4.69, 9.17) is 11.2 Å². The van der Waals surface area contributed by atoms with Gasteiger partial charge < -0.3 is 9.64 Å². The molecule has 0 aromatic heterocycles. The van der Waals surface area contributed by atoms with E-state index < -0.39 is 0 Å². The Kier molecular flexibility index (Phi) is 4.11. The Balaban J connectivity index is 1.77. The van der Waals surface area contributed by atoms with Gasteiger partial charge in [0.05, 0.1) is 0 Å². The van der Waals surface area contributed by atoms with Crippen molar-refractivity contribution >= 4 is 5.91 Å². The fourth-order valence-electron chi connectivity index (χ4n) is 2.59. The van der Waals surface area contributed by atoms with Crippen molar-refractivity contribution in [2.45, 2.75) is 13.0 Å². The molecular formula is C19H17NO2. The van der Waals surface area contributed by atoms with Crippen LogP contribution >= 0.6 is 0 Å². The summed E-state index contributed by atoms with van der Waals surface area (Å²) in [5, 5.41) is 0. The molecule has 0 aliphatic carbocycles. The zero-order chi connectivity index (χ0) is 15.4. The van der Waals surface area contributed by atoms with Crippen LogP contribution in [0.3, 0.4) is 0 Å². The Labute approximate surface area is 130 Å². The number of benzene rings is 2. The maximum absolute atomic E-state index is 12.0. The molecule has 22 heavy (non-hydrogen) atoms. The standard InChI is InChI=1S/C19H17NO2/c1-2-15-12-19(21)20(13-15)14-16-8-6-7-11-18(16)22-17-9-4-3-5-10-17/h1,3-11,15H,12-14H2. The molecule has 1 aliphatic heterocycles. The fraction of sp³-hybridized carbons (Fsp3) is 0.211. The van der Waals surface area contributed by atoms with Gasteiger partial charge >= 0.3 is 0 Å². The number of carbonyl (C=O) groups excluding carboxylic acids is 1. The van der Waals surface area contributed by atoms with Crippen molar-refractivity contribution in [2.75, 3.05) is 6.54 Å². The normalized spacial score (nSPS) is 17.3. The van der Waals surface area contributed by atoms with Gasteiger partial charge in [0.1, 0.15) is 11.5 Å². The van der Waals surface area contributed by atoms with E-state index in [-0.39, 0.29) is 11.8 Å². The molecule has 0 N–H and O–H groups in total. The Hall–Kier alpha value is -2.73. The number of hydrogen-bond donors (Lipinski definition) is 0. The van der Waals surface area contributed by atoms with Crippen LogP contribution in [0.25, 0.3) is 0 Å². The molecule has 0 bridgehead atoms. The van der Waals surface area contributed by atoms with Crippen LogP contribution in [0, 0.1) is 18.3 Å². The van der Waals surface area contributed by atoms with Crippen molar-refractivity contribution in [3.63, 3.8) is 0 Å². The lowest BCUT2D eigenvalue weighted by Gasteiger charge is -2.18. The van der Waals surface area contributed by atoms with Crippen LogP contribution in [0.15, 0.2) is 54.6 Å². The lowest BCUT2D eigenvalue weighted by molar-refractivity contribution is -0.128. The van der Waals surface area contributed by atoms with Gasteiger partial charge in [-0.05, 0) is 18.2 Å². The Morgan fingerprint density at radius 1 is 1.14 bits per heavy atom. The highest BCUT2D eigenvalue weighted by Crippen LogP contribution is 2.28. The monoisotopic (exact) mass is 291 g/mol. The molecule has 3 nitrogen and oxygen atoms in total. The average Bonchev–Trinajstić information content (AvgIpc) is 2.90. The number of para-hydroxylation sites is 2. The summed E-state index contributed by atoms with van der Waals surface area (Å²) in [6.07, 6.45) is 5.87. The summed E-state index contributed by atoms with van der Waals surface area (Å²) in [5.41, 5.74) is 0.984. The summed E-state index contributed by atoms with van der Waals surface area (Å²) in [5.74, 6) is 4.35. The Morgan fingerprint density at radius 2 is 1.86 bits per heavy atom. The number of nitrogens with zero attached hydrogens (tertiary/aromatic N) is 1. The molecule has 2 aromatic rings. The summed E-state index contributed by atoms with van der Waals surface area (Å²) in [4.78, 5) is 13.8. The smallest absolute Gasteiger partial charge is 0.224 e. The van der Waals surface area contributed by atoms with Crippen LogP contribution in [0.4, 0.5) is 0 Å². The minimum absolute atomic E-state index is 0.0229. The van der Waals surface area contributed by atoms with Crippen molar-refractivity contribution in [3.05, 3.63) is 60.2 Å². The lowest BCUT2D eigenvalue weighted by atomic mass is 10.1. The second-order valence-electron chi connectivity index (χ2n) is 5.36. The number of ether oxygens (including phenoxy) is 1. The molecule has 0 radical (unpaired) electrons. The maximum Gasteiger partial charge on any atom is 0.224 e. The number of carbonyl (C=O) groups is 1. The van der Waals surface area contributed by atoms with E-state index in [0.717, 1.165) is 17.1 Å². The predicted octanol–water partition coefficient (Wildman–Crippen LogP) is 3.46. The van der Waals surface area contributed by atoms with Gasteiger partial charge in [0, 0.05) is 31.0 Å². The van der Waals surface area contributed by atoms with Gasteiger partial charge in [0.2, 0.25) is 5.91 Å². The van der Waals surface area contributed by atoms with E-state index in [1.54, 1.807) is 4.90 Å². The number of rotatable bonds is 4. The van der Waals surface area contributed by atoms with Crippen LogP contribution in [0.1, 0.15) is 12.0 Å². The Bertz CT molecular complexity index is 703. The highest BCUT2D eigenvalue weighted by molar-refractivity contribution is 5.79. The van der Waals surface area contributed by atoms with Gasteiger partial charge in [-0.1, -0.05) is 36.4 Å². The summed E-state index contributed by atoms with van der Waals surface area (Å²) < 4.78 is 5.93. The summed E-state index contributed by atoms with van der Waals surface area (Å²) in [6.45, 7) is 1.15. The van der Waals surface area contributed by atoms with Crippen molar-refractivity contribution in [1.82, 2.24) is 4.90 Å². The van der Waals surface area contributed by atoms with E-state index >= 15 is 0 Å². The SMILES string of the molecule is C#CC1CC(=O)N(Cc2ccccc2Oc2ccccc2)C1. The molecule has 2 aromatic carbocycles. The van der Waals surface area contributed by atoms with E-state index in [2.05, 4.69) is 5.92 Å². The van der Waals surface area contributed by atoms with Crippen molar-refractivity contribution in [1.29, 1.82) is 0 Å². The second kappa shape index (κ2) is 6.36. The number of likely N-dealkylation sites (tertiary alicyclic amines) is 1. The third kappa shape index (κ3) is 3.12. The van der Waals surface area contributed by atoms with Crippen molar-refractivity contribution < 1.29 is 9.53 Å². The Morgan fingerprint density at radius 3 is 2.59 bits per heavy atom. The van der Waals surface area contributed by atoms with Crippen molar-refractivity contribution in [3.8, 4) is 23.8 Å². The van der Waals surface area contributed by atoms with Gasteiger partial charge in [-0.2, -0.15) is 0 Å². The quantitative estimate of drug-likeness (QED) is 0.807. The lowest BCUT2D eigenvalue weighted by Crippen LogP contribution is -2.24. The summed E-state index contributed by atoms with van der Waals surface area (Å²) in [6, 6.07) is 17.4. The summed E-state index contributed by atoms with van der Waals surface area (Å²) in [7, 11) is 0. The third-order valence-corrected chi connectivity index (χ3v) is 3.76. The highest BCUT2D eigenvalue weighted by atomic mass is 16.5. The average molecular weight is 291 g/mol. The number of terminal acetylenes is 1. The highest BCUT2D eigenvalue weighted by Gasteiger charge is 2.28. The fourth-order valence-corrected chi connectivity index (χ4v) is 2.59. The molecule has 1 unspecified atom stereocenters. The minimum Gasteiger partial charge on any atom is -0.457 e. The first-order valence-corrected chi connectivity index (χ1v) is 7.31. The van der Waals surface area contributed by atoms with E-state index in [9.17, 15) is 4.79 Å². The molecule has 110 valence electrons. The molecule has 1 aliphatic rings. The zero-order valence-corrected chi connectivity index (χ0v) is 12.2. The molecule has 1 heterocycles. The molecule has 0 spiro atoms. The predicted molar refractivity (Wildman–Crippen MR) is 85.3 cm³/mol. The van der Waals surface area contributed by atoms with Gasteiger partial charge in [0.25, 0.3) is 0 Å². The number of hydrogen-bond acceptors (Lipinski definition) is 2. The molecule has 3 rings (SSSR count). The molecule has 1 saturated heterocycles. The minimum atomic E-state index is 0.0229. The molecule has 1 fully saturated rings. The van der Waals surface area contributed by atoms with Crippen LogP contribution < -0.4 is 4.74 Å². The van der Waals surface area contributed by atoms with Crippen LogP contribution in [0.2, 0.25) is 0 Å². The third-order valence-electron chi connectivity index (χ3n) is 3.76. The van der Waals surface area contributed by atoms with E-state index in [1.807, 2.05) is 54.6 Å². The maximum atomic E-state index is 12.0. The molecule has 1 amide bonds. The largest absolute Gasteiger partial charge is 0.457 e. The van der Waals surface area contributed by atoms with Gasteiger partial charge in [-0.15, -0.1) is 12.3 Å². The molecule has 0 saturated carbocycles. The zero-order valence-electron chi connectivity index (χ0n) is 12.2. The number of amides is 1. The molecule has 1 atom stereocenters. The van der Waals surface area contributed by atoms with E-state index in [1.165, 1.54) is 0 Å². The van der Waals surface area contributed by atoms with Crippen LogP contribution in [-0.4, -0.2) is 17.4 Å². The van der Waals surface area contributed by atoms with Gasteiger partial charge in [-0.25, -0.2) is 0 Å². The first kappa shape index (κ1) is 14.2. The molecule has 3 heteroatoms. The van der Waals surface area contributed by atoms with Gasteiger partial charge in [-0.3, -0.25) is 4.79 Å². The van der Waals surface area contributed by atoms with Crippen molar-refractivity contribution in [2.24, 2.45) is 5.92 Å². The first-order chi connectivity index (χ1) is 10.8. The summed E-state index contributed by atoms with van der Waals surface area (Å²) >= 11 is 0.